The molecule has 2 atom stereocenters. The minimum absolute atomic E-state index is 0.00921. The Kier molecular flexibility index (Phi) is 9.37. The number of aliphatic hydroxyl groups excluding tert-OH is 1. The number of hydrogen-bond donors (Lipinski definition) is 4. The van der Waals surface area contributed by atoms with Crippen LogP contribution in [0.1, 0.15) is 39.2 Å². The lowest BCUT2D eigenvalue weighted by Gasteiger charge is -2.35. The Morgan fingerprint density at radius 1 is 1.09 bits per heavy atom. The van der Waals surface area contributed by atoms with Crippen molar-refractivity contribution in [1.82, 2.24) is 20.9 Å². The van der Waals surface area contributed by atoms with Gasteiger partial charge in [0.2, 0.25) is 17.7 Å². The van der Waals surface area contributed by atoms with E-state index in [0.29, 0.717) is 32.6 Å². The topological polar surface area (TPSA) is 111 Å². The molecule has 4 N–H and O–H groups in total. The highest BCUT2D eigenvalue weighted by atomic mass is 16.3. The Balaban J connectivity index is 1.93. The summed E-state index contributed by atoms with van der Waals surface area (Å²) in [7, 11) is 0. The number of benzene rings is 2. The van der Waals surface area contributed by atoms with Crippen molar-refractivity contribution in [2.75, 3.05) is 32.8 Å². The van der Waals surface area contributed by atoms with E-state index in [0.717, 1.165) is 22.8 Å². The zero-order valence-electron chi connectivity index (χ0n) is 21.0. The number of fused-ring (bicyclic) bond motifs is 1. The molecule has 1 fully saturated rings. The molecule has 3 rings (SSSR count). The molecule has 3 amide bonds. The third-order valence-corrected chi connectivity index (χ3v) is 6.20. The lowest BCUT2D eigenvalue weighted by atomic mass is 9.91. The smallest absolute Gasteiger partial charge is 0.247 e. The molecule has 0 aromatic heterocycles. The SMILES string of the molecule is CC(C)(C)C(=O)N(C(=O)[C@@H]1CCCN1)[C@H](Cc1ccc2ccccc2c1)C(=O)NCCNCCO. The van der Waals surface area contributed by atoms with Gasteiger partial charge in [-0.3, -0.25) is 19.3 Å². The Bertz CT molecular complexity index is 1030. The number of carbonyl (C=O) groups excluding carboxylic acids is 3. The summed E-state index contributed by atoms with van der Waals surface area (Å²) < 4.78 is 0. The molecule has 35 heavy (non-hydrogen) atoms. The lowest BCUT2D eigenvalue weighted by molar-refractivity contribution is -0.157. The van der Waals surface area contributed by atoms with Gasteiger partial charge in [-0.1, -0.05) is 63.2 Å². The van der Waals surface area contributed by atoms with Gasteiger partial charge >= 0.3 is 0 Å². The molecular weight excluding hydrogens is 444 g/mol. The quantitative estimate of drug-likeness (QED) is 0.383. The number of aliphatic hydroxyl groups is 1. The van der Waals surface area contributed by atoms with Crippen molar-refractivity contribution in [3.8, 4) is 0 Å². The van der Waals surface area contributed by atoms with Crippen LogP contribution in [0.3, 0.4) is 0 Å². The molecule has 0 spiro atoms. The summed E-state index contributed by atoms with van der Waals surface area (Å²) >= 11 is 0. The fraction of sp³-hybridized carbons (Fsp3) is 0.519. The molecule has 0 saturated carbocycles. The zero-order chi connectivity index (χ0) is 25.4. The summed E-state index contributed by atoms with van der Waals surface area (Å²) in [5, 5.41) is 20.1. The maximum atomic E-state index is 13.6. The second kappa shape index (κ2) is 12.2. The summed E-state index contributed by atoms with van der Waals surface area (Å²) in [6, 6.07) is 12.5. The molecule has 0 aliphatic carbocycles. The van der Waals surface area contributed by atoms with Gasteiger partial charge in [-0.15, -0.1) is 0 Å². The average molecular weight is 483 g/mol. The van der Waals surface area contributed by atoms with Gasteiger partial charge in [0.1, 0.15) is 6.04 Å². The van der Waals surface area contributed by atoms with Gasteiger partial charge in [-0.05, 0) is 35.7 Å². The van der Waals surface area contributed by atoms with E-state index in [-0.39, 0.29) is 30.7 Å². The maximum absolute atomic E-state index is 13.6. The van der Waals surface area contributed by atoms with Crippen molar-refractivity contribution in [1.29, 1.82) is 0 Å². The molecule has 1 saturated heterocycles. The van der Waals surface area contributed by atoms with E-state index in [1.54, 1.807) is 20.8 Å². The van der Waals surface area contributed by atoms with Crippen molar-refractivity contribution >= 4 is 28.5 Å². The van der Waals surface area contributed by atoms with E-state index in [1.165, 1.54) is 4.90 Å². The number of amides is 3. The van der Waals surface area contributed by atoms with Gasteiger partial charge in [-0.25, -0.2) is 0 Å². The molecule has 2 aromatic carbocycles. The summed E-state index contributed by atoms with van der Waals surface area (Å²) in [6.45, 7) is 7.24. The molecule has 8 heteroatoms. The summed E-state index contributed by atoms with van der Waals surface area (Å²) in [5.74, 6) is -1.08. The first-order chi connectivity index (χ1) is 16.7. The van der Waals surface area contributed by atoms with Gasteiger partial charge in [0, 0.05) is 31.5 Å². The van der Waals surface area contributed by atoms with Crippen LogP contribution in [0.5, 0.6) is 0 Å². The lowest BCUT2D eigenvalue weighted by Crippen LogP contribution is -2.59. The minimum atomic E-state index is -0.976. The van der Waals surface area contributed by atoms with Gasteiger partial charge < -0.3 is 21.1 Å². The third kappa shape index (κ3) is 7.10. The van der Waals surface area contributed by atoms with Crippen LogP contribution >= 0.6 is 0 Å². The van der Waals surface area contributed by atoms with Crippen molar-refractivity contribution in [2.45, 2.75) is 52.1 Å². The Hall–Kier alpha value is -2.81. The number of hydrogen-bond acceptors (Lipinski definition) is 6. The molecule has 1 heterocycles. The van der Waals surface area contributed by atoms with Crippen LogP contribution in [0.15, 0.2) is 42.5 Å². The minimum Gasteiger partial charge on any atom is -0.395 e. The number of nitrogens with one attached hydrogen (secondary N) is 3. The Morgan fingerprint density at radius 3 is 2.49 bits per heavy atom. The van der Waals surface area contributed by atoms with Crippen LogP contribution < -0.4 is 16.0 Å². The summed E-state index contributed by atoms with van der Waals surface area (Å²) in [4.78, 5) is 41.9. The third-order valence-electron chi connectivity index (χ3n) is 6.20. The van der Waals surface area contributed by atoms with Crippen molar-refractivity contribution in [3.63, 3.8) is 0 Å². The average Bonchev–Trinajstić information content (AvgIpc) is 3.37. The van der Waals surface area contributed by atoms with E-state index in [9.17, 15) is 14.4 Å². The maximum Gasteiger partial charge on any atom is 0.247 e. The molecule has 0 unspecified atom stereocenters. The first-order valence-corrected chi connectivity index (χ1v) is 12.4. The first-order valence-electron chi connectivity index (χ1n) is 12.4. The fourth-order valence-corrected chi connectivity index (χ4v) is 4.31. The molecule has 190 valence electrons. The van der Waals surface area contributed by atoms with Crippen molar-refractivity contribution in [2.24, 2.45) is 5.41 Å². The number of nitrogens with zero attached hydrogens (tertiary/aromatic N) is 1. The molecule has 8 nitrogen and oxygen atoms in total. The number of carbonyl (C=O) groups is 3. The monoisotopic (exact) mass is 482 g/mol. The van der Waals surface area contributed by atoms with Crippen LogP contribution in [0.2, 0.25) is 0 Å². The van der Waals surface area contributed by atoms with Crippen LogP contribution in [0.25, 0.3) is 10.8 Å². The molecule has 1 aliphatic rings. The highest BCUT2D eigenvalue weighted by Gasteiger charge is 2.42. The van der Waals surface area contributed by atoms with Crippen LogP contribution in [-0.2, 0) is 20.8 Å². The number of rotatable bonds is 10. The highest BCUT2D eigenvalue weighted by Crippen LogP contribution is 2.25. The predicted octanol–water partition coefficient (Wildman–Crippen LogP) is 1.60. The molecule has 2 aromatic rings. The summed E-state index contributed by atoms with van der Waals surface area (Å²) in [5.41, 5.74) is 0.0416. The van der Waals surface area contributed by atoms with Crippen LogP contribution in [0, 0.1) is 5.41 Å². The van der Waals surface area contributed by atoms with E-state index in [2.05, 4.69) is 16.0 Å². The van der Waals surface area contributed by atoms with E-state index >= 15 is 0 Å². The van der Waals surface area contributed by atoms with Crippen molar-refractivity contribution in [3.05, 3.63) is 48.0 Å². The second-order valence-corrected chi connectivity index (χ2v) is 10.1. The number of imide groups is 1. The first kappa shape index (κ1) is 26.8. The van der Waals surface area contributed by atoms with Gasteiger partial charge in [0.15, 0.2) is 0 Å². The van der Waals surface area contributed by atoms with E-state index in [1.807, 2.05) is 42.5 Å². The predicted molar refractivity (Wildman–Crippen MR) is 137 cm³/mol. The van der Waals surface area contributed by atoms with Gasteiger partial charge in [0.25, 0.3) is 0 Å². The van der Waals surface area contributed by atoms with Crippen LogP contribution in [-0.4, -0.2) is 72.6 Å². The molecule has 1 aliphatic heterocycles. The fourth-order valence-electron chi connectivity index (χ4n) is 4.31. The van der Waals surface area contributed by atoms with E-state index in [4.69, 9.17) is 5.11 Å². The zero-order valence-corrected chi connectivity index (χ0v) is 21.0. The summed E-state index contributed by atoms with van der Waals surface area (Å²) in [6.07, 6.45) is 1.72. The Labute approximate surface area is 207 Å². The van der Waals surface area contributed by atoms with Crippen molar-refractivity contribution < 1.29 is 19.5 Å². The van der Waals surface area contributed by atoms with Gasteiger partial charge in [0.05, 0.1) is 12.6 Å². The Morgan fingerprint density at radius 2 is 1.83 bits per heavy atom. The standard InChI is InChI=1S/C27H38N4O4/c1-27(2,3)26(35)31(25(34)22-9-6-12-29-22)23(24(33)30-14-13-28-15-16-32)18-19-10-11-20-7-4-5-8-21(20)17-19/h4-5,7-8,10-11,17,22-23,28-29,32H,6,9,12-16,18H2,1-3H3,(H,30,33)/t22-,23+/m0/s1. The van der Waals surface area contributed by atoms with Crippen LogP contribution in [0.4, 0.5) is 0 Å². The second-order valence-electron chi connectivity index (χ2n) is 10.1. The van der Waals surface area contributed by atoms with Gasteiger partial charge in [-0.2, -0.15) is 0 Å². The normalized spacial score (nSPS) is 16.7. The van der Waals surface area contributed by atoms with E-state index < -0.39 is 17.5 Å². The highest BCUT2D eigenvalue weighted by molar-refractivity contribution is 6.04. The molecular formula is C27H38N4O4. The molecule has 0 radical (unpaired) electrons. The molecule has 0 bridgehead atoms. The largest absolute Gasteiger partial charge is 0.395 e.